The first-order chi connectivity index (χ1) is 46.7. The smallest absolute Gasteiger partial charge is 0.243 e. The Morgan fingerprint density at radius 2 is 1.31 bits per heavy atom. The van der Waals surface area contributed by atoms with Crippen LogP contribution in [0.15, 0.2) is 103 Å². The summed E-state index contributed by atoms with van der Waals surface area (Å²) in [6.45, 7) is 5.19. The number of fused-ring (bicyclic) bond motifs is 9. The molecule has 0 spiro atoms. The summed E-state index contributed by atoms with van der Waals surface area (Å²) >= 11 is 0. The van der Waals surface area contributed by atoms with Crippen LogP contribution in [0.4, 0.5) is 14.5 Å². The van der Waals surface area contributed by atoms with E-state index in [0.717, 1.165) is 28.5 Å². The van der Waals surface area contributed by atoms with Crippen LogP contribution < -0.4 is 36.8 Å². The van der Waals surface area contributed by atoms with E-state index in [2.05, 4.69) is 31.9 Å². The molecule has 4 fully saturated rings. The average Bonchev–Trinajstić information content (AvgIpc) is 1.59. The van der Waals surface area contributed by atoms with Gasteiger partial charge >= 0.3 is 0 Å². The molecule has 2 heterocycles. The molecule has 0 aromatic heterocycles. The number of ether oxygens (including phenoxy) is 7. The Morgan fingerprint density at radius 1 is 0.680 bits per heavy atom. The summed E-state index contributed by atoms with van der Waals surface area (Å²) < 4.78 is 74.7. The molecule has 0 bridgehead atoms. The molecule has 7 N–H and O–H groups in total. The molecule has 1 saturated heterocycles. The highest BCUT2D eigenvalue weighted by atomic mass is 19.1. The van der Waals surface area contributed by atoms with E-state index in [1.807, 2.05) is 67.6 Å². The molecule has 3 saturated carbocycles. The van der Waals surface area contributed by atoms with E-state index < -0.39 is 139 Å². The number of amides is 7. The minimum absolute atomic E-state index is 0.0154. The predicted octanol–water partition coefficient (Wildman–Crippen LogP) is 4.00. The number of aliphatic hydroxyl groups is 1. The zero-order valence-electron chi connectivity index (χ0n) is 55.1. The molecule has 2 aliphatic heterocycles. The van der Waals surface area contributed by atoms with E-state index >= 15 is 8.78 Å². The van der Waals surface area contributed by atoms with Crippen LogP contribution in [0, 0.1) is 22.7 Å². The first-order valence-corrected chi connectivity index (χ1v) is 33.3. The summed E-state index contributed by atoms with van der Waals surface area (Å²) in [6.07, 6.45) is 3.41. The van der Waals surface area contributed by atoms with Crippen molar-refractivity contribution in [2.45, 2.75) is 127 Å². The highest BCUT2D eigenvalue weighted by Crippen LogP contribution is 2.72. The summed E-state index contributed by atoms with van der Waals surface area (Å²) in [5, 5.41) is 27.1. The van der Waals surface area contributed by atoms with E-state index in [9.17, 15) is 48.3 Å². The Balaban J connectivity index is 0.600. The molecule has 1 unspecified atom stereocenters. The van der Waals surface area contributed by atoms with E-state index in [4.69, 9.17) is 33.2 Å². The largest absolute Gasteiger partial charge is 0.390 e. The number of nitrogens with zero attached hydrogens (tertiary/aromatic N) is 1. The highest BCUT2D eigenvalue weighted by Gasteiger charge is 2.80. The molecule has 11 atom stereocenters. The van der Waals surface area contributed by atoms with Crippen LogP contribution in [0.3, 0.4) is 0 Å². The Kier molecular flexibility index (Phi) is 25.7. The number of ketones is 2. The van der Waals surface area contributed by atoms with Gasteiger partial charge in [-0.3, -0.25) is 43.2 Å². The van der Waals surface area contributed by atoms with Crippen molar-refractivity contribution in [3.8, 4) is 0 Å². The van der Waals surface area contributed by atoms with Gasteiger partial charge in [-0.05, 0) is 84.6 Å². The lowest BCUT2D eigenvalue weighted by Gasteiger charge is -2.63. The van der Waals surface area contributed by atoms with Crippen LogP contribution in [-0.2, 0) is 89.3 Å². The van der Waals surface area contributed by atoms with Crippen molar-refractivity contribution < 1.29 is 90.2 Å². The van der Waals surface area contributed by atoms with Gasteiger partial charge in [0.15, 0.2) is 29.1 Å². The minimum Gasteiger partial charge on any atom is -0.390 e. The van der Waals surface area contributed by atoms with Crippen LogP contribution in [0.25, 0.3) is 12.2 Å². The number of aliphatic hydroxyl groups excluding tert-OH is 1. The summed E-state index contributed by atoms with van der Waals surface area (Å²) in [7, 11) is 0. The number of hydrogen-bond acceptors (Lipinski definition) is 17. The van der Waals surface area contributed by atoms with Gasteiger partial charge in [0.1, 0.15) is 25.6 Å². The van der Waals surface area contributed by atoms with Crippen LogP contribution in [-0.4, -0.2) is 192 Å². The number of rotatable bonds is 35. The van der Waals surface area contributed by atoms with Crippen LogP contribution in [0.2, 0.25) is 0 Å². The van der Waals surface area contributed by atoms with Crippen LogP contribution in [0.5, 0.6) is 0 Å². The molecule has 7 amide bonds. The van der Waals surface area contributed by atoms with Gasteiger partial charge in [-0.1, -0.05) is 111 Å². The quantitative estimate of drug-likeness (QED) is 0.0323. The fourth-order valence-corrected chi connectivity index (χ4v) is 14.4. The fourth-order valence-electron chi connectivity index (χ4n) is 14.4. The van der Waals surface area contributed by atoms with Gasteiger partial charge in [-0.25, -0.2) is 8.78 Å². The number of carbonyl (C=O) groups excluding carboxylic acids is 9. The number of allylic oxidation sites excluding steroid dienone is 4. The number of hydrogen-bond donors (Lipinski definition) is 7. The van der Waals surface area contributed by atoms with Crippen molar-refractivity contribution in [2.24, 2.45) is 22.7 Å². The number of anilines is 1. The highest BCUT2D eigenvalue weighted by molar-refractivity contribution is 6.02. The second-order valence-electron chi connectivity index (χ2n) is 25.5. The number of alkyl halides is 2. The van der Waals surface area contributed by atoms with E-state index in [0.29, 0.717) is 44.8 Å². The number of carbonyl (C=O) groups is 9. The van der Waals surface area contributed by atoms with Gasteiger partial charge in [0.2, 0.25) is 41.4 Å². The SMILES string of the molecule is CCCC1O[C@@H]2C[C@H]3[C@@H]4C[C@H](F)C5=CC(=O)C=C[C@]5(C)[C@@]4(F)[C@@H](O)C[C@]3(C)[C@]2(C(=O)COCNC(=O)CNC(=O)[C@H](Cc2ccccc2)NC(=O)CNC(=O)CNC(=O)CCOCCOCCOCCOCCNC(=O)CCC(=O)N2Cc3ccccc3/C=C\c3ccccc32)O1. The lowest BCUT2D eigenvalue weighted by molar-refractivity contribution is -0.235. The van der Waals surface area contributed by atoms with E-state index in [1.165, 1.54) is 19.1 Å². The number of para-hydroxylation sites is 1. The van der Waals surface area contributed by atoms with Gasteiger partial charge in [-0.15, -0.1) is 0 Å². The maximum Gasteiger partial charge on any atom is 0.243 e. The molecule has 0 radical (unpaired) electrons. The second kappa shape index (κ2) is 34.0. The molecule has 6 aliphatic rings. The van der Waals surface area contributed by atoms with Crippen molar-refractivity contribution >= 4 is 70.8 Å². The molecule has 26 heteroatoms. The molecule has 97 heavy (non-hydrogen) atoms. The Bertz CT molecular complexity index is 3410. The normalized spacial score (nSPS) is 26.4. The lowest BCUT2D eigenvalue weighted by Crippen LogP contribution is -2.71. The van der Waals surface area contributed by atoms with E-state index in [1.54, 1.807) is 42.2 Å². The third kappa shape index (κ3) is 17.5. The molecule has 3 aromatic rings. The molecule has 9 rings (SSSR count). The van der Waals surface area contributed by atoms with Gasteiger partial charge in [0.25, 0.3) is 0 Å². The Morgan fingerprint density at radius 3 is 2.05 bits per heavy atom. The van der Waals surface area contributed by atoms with Gasteiger partial charge < -0.3 is 75.1 Å². The first kappa shape index (κ1) is 73.3. The Hall–Kier alpha value is -7.95. The van der Waals surface area contributed by atoms with Crippen LogP contribution >= 0.6 is 0 Å². The standard InChI is InChI=1S/C71H89F2N7O17/c1-4-12-66-96-59-38-51-52-37-54(72)53-36-50(81)23-25-68(53,2)70(52,73)57(82)39-69(51,3)71(59,97-66)58(83)44-95-45-78-63(87)41-77-67(90)55(35-46-13-6-5-7-14-46)79-64(88)42-76-62(86)40-75-61(85)24-27-91-29-31-93-33-34-94-32-30-92-28-26-74-60(84)21-22-65(89)80-43-49-17-9-8-15-47(49)19-20-48-16-10-11-18-56(48)80/h5-11,13-20,23,25,36,51-52,54-55,57,59,66,82H,4,12,21-22,24,26-35,37-45H2,1-3H3,(H,74,84)(H,75,85)(H,76,86)(H,77,90)(H,78,87)(H,79,88)/b20-19-/t51-,52-,54-,55-,57-,59+,66?,68-,69-,70-,71+/m0/s1. The minimum atomic E-state index is -2.38. The molecular weight excluding hydrogens is 1260 g/mol. The maximum absolute atomic E-state index is 17.9. The summed E-state index contributed by atoms with van der Waals surface area (Å²) in [6, 6.07) is 23.2. The van der Waals surface area contributed by atoms with Crippen molar-refractivity contribution in [2.75, 3.05) is 97.3 Å². The number of nitrogens with one attached hydrogen (secondary N) is 6. The van der Waals surface area contributed by atoms with Crippen molar-refractivity contribution in [3.63, 3.8) is 0 Å². The van der Waals surface area contributed by atoms with Crippen molar-refractivity contribution in [3.05, 3.63) is 125 Å². The summed E-state index contributed by atoms with van der Waals surface area (Å²) in [5.41, 5.74) is -2.53. The topological polar surface area (TPSA) is 314 Å². The summed E-state index contributed by atoms with van der Waals surface area (Å²) in [5.74, 6) is -6.51. The molecule has 524 valence electrons. The number of benzene rings is 3. The van der Waals surface area contributed by atoms with Crippen molar-refractivity contribution in [1.29, 1.82) is 0 Å². The fraction of sp³-hybridized carbons (Fsp3) is 0.535. The number of Topliss-reactive ketones (excluding diaryl/α,β-unsaturated/α-hetero) is 1. The van der Waals surface area contributed by atoms with Crippen molar-refractivity contribution in [1.82, 2.24) is 31.9 Å². The zero-order chi connectivity index (χ0) is 69.2. The molecule has 3 aromatic carbocycles. The third-order valence-corrected chi connectivity index (χ3v) is 19.3. The van der Waals surface area contributed by atoms with Gasteiger partial charge in [0, 0.05) is 49.0 Å². The van der Waals surface area contributed by atoms with Crippen LogP contribution in [0.1, 0.15) is 94.4 Å². The predicted molar refractivity (Wildman–Crippen MR) is 350 cm³/mol. The molecule has 4 aliphatic carbocycles. The molecular formula is C71H89F2N7O17. The Labute approximate surface area is 562 Å². The van der Waals surface area contributed by atoms with Gasteiger partial charge in [0.05, 0.1) is 96.9 Å². The monoisotopic (exact) mass is 1350 g/mol. The number of halogens is 2. The lowest BCUT2D eigenvalue weighted by atomic mass is 9.44. The summed E-state index contributed by atoms with van der Waals surface area (Å²) in [4.78, 5) is 119. The average molecular weight is 1350 g/mol. The van der Waals surface area contributed by atoms with Gasteiger partial charge in [-0.2, -0.15) is 0 Å². The molecule has 24 nitrogen and oxygen atoms in total. The zero-order valence-corrected chi connectivity index (χ0v) is 55.1. The first-order valence-electron chi connectivity index (χ1n) is 33.3. The maximum atomic E-state index is 17.9. The second-order valence-corrected chi connectivity index (χ2v) is 25.5. The third-order valence-electron chi connectivity index (χ3n) is 19.3. The van der Waals surface area contributed by atoms with E-state index in [-0.39, 0.29) is 102 Å².